The predicted molar refractivity (Wildman–Crippen MR) is 144 cm³/mol. The van der Waals surface area contributed by atoms with Crippen molar-refractivity contribution in [1.82, 2.24) is 29.9 Å². The van der Waals surface area contributed by atoms with Gasteiger partial charge in [-0.25, -0.2) is 5.10 Å². The molecule has 10 heteroatoms. The van der Waals surface area contributed by atoms with Gasteiger partial charge in [-0.15, -0.1) is 0 Å². The number of nitrogens with zero attached hydrogens (tertiary/aromatic N) is 5. The summed E-state index contributed by atoms with van der Waals surface area (Å²) in [7, 11) is -0.603. The summed E-state index contributed by atoms with van der Waals surface area (Å²) in [6, 6.07) is 12.2. The lowest BCUT2D eigenvalue weighted by Crippen LogP contribution is -2.40. The number of aryl methyl sites for hydroxylation is 1. The third-order valence-electron chi connectivity index (χ3n) is 6.66. The van der Waals surface area contributed by atoms with Gasteiger partial charge in [0, 0.05) is 24.8 Å². The first-order chi connectivity index (χ1) is 17.4. The molecule has 1 aliphatic rings. The van der Waals surface area contributed by atoms with Gasteiger partial charge in [0.05, 0.1) is 16.9 Å². The molecule has 36 heavy (non-hydrogen) atoms. The maximum Gasteiger partial charge on any atom is 0.290 e. The zero-order chi connectivity index (χ0) is 25.4. The summed E-state index contributed by atoms with van der Waals surface area (Å²) in [5, 5.41) is 13.1. The van der Waals surface area contributed by atoms with Crippen LogP contribution >= 0.6 is 7.92 Å². The number of anilines is 1. The van der Waals surface area contributed by atoms with E-state index in [1.54, 1.807) is 9.58 Å². The molecule has 1 aromatic carbocycles. The van der Waals surface area contributed by atoms with Gasteiger partial charge in [-0.05, 0) is 57.4 Å². The summed E-state index contributed by atoms with van der Waals surface area (Å²) >= 11 is 0. The van der Waals surface area contributed by atoms with E-state index in [0.717, 1.165) is 29.4 Å². The summed E-state index contributed by atoms with van der Waals surface area (Å²) in [6.07, 6.45) is 4.81. The number of piperidine rings is 1. The maximum atomic E-state index is 12.9. The minimum Gasteiger partial charge on any atom is -0.382 e. The number of likely N-dealkylation sites (tertiary alicyclic amines) is 1. The van der Waals surface area contributed by atoms with Gasteiger partial charge in [-0.1, -0.05) is 36.9 Å². The first-order valence-corrected chi connectivity index (χ1v) is 13.6. The Kier molecular flexibility index (Phi) is 6.41. The second-order valence-corrected chi connectivity index (χ2v) is 11.1. The zero-order valence-corrected chi connectivity index (χ0v) is 21.2. The van der Waals surface area contributed by atoms with E-state index in [4.69, 9.17) is 10.8 Å². The maximum absolute atomic E-state index is 12.9. The Morgan fingerprint density at radius 1 is 1.25 bits per heavy atom. The molecule has 1 fully saturated rings. The molecule has 1 aliphatic heterocycles. The Balaban J connectivity index is 1.55. The van der Waals surface area contributed by atoms with Crippen molar-refractivity contribution < 1.29 is 4.79 Å². The standard InChI is InChI=1S/C26H28N7O2P/c1-4-21(34)32-13-5-6-18(15-32)33-24-22(25(27)29-30-26(24)35)23(31-33)17-8-10-19(11-9-17)36(3)20-12-7-16(2)14-28-20/h4,7-12,14,18H,1,5-6,13,15H2,2-3H3,(H2,27,29)(H,30,35). The largest absolute Gasteiger partial charge is 0.382 e. The number of fused-ring (bicyclic) bond motifs is 1. The number of nitrogens with one attached hydrogen (secondary N) is 1. The molecule has 1 saturated heterocycles. The number of nitrogens with two attached hydrogens (primary N) is 1. The molecular weight excluding hydrogens is 473 g/mol. The van der Waals surface area contributed by atoms with Gasteiger partial charge in [0.1, 0.15) is 11.2 Å². The van der Waals surface area contributed by atoms with Crippen LogP contribution in [0.4, 0.5) is 5.82 Å². The quantitative estimate of drug-likeness (QED) is 0.320. The van der Waals surface area contributed by atoms with E-state index in [9.17, 15) is 9.59 Å². The number of hydrogen-bond donors (Lipinski definition) is 2. The highest BCUT2D eigenvalue weighted by Gasteiger charge is 2.28. The highest BCUT2D eigenvalue weighted by molar-refractivity contribution is 7.72. The average molecular weight is 502 g/mol. The number of H-pyrrole nitrogens is 1. The lowest BCUT2D eigenvalue weighted by Gasteiger charge is -2.32. The predicted octanol–water partition coefficient (Wildman–Crippen LogP) is 2.48. The molecular formula is C26H28N7O2P. The van der Waals surface area contributed by atoms with Gasteiger partial charge < -0.3 is 10.6 Å². The molecule has 0 bridgehead atoms. The van der Waals surface area contributed by atoms with E-state index in [1.165, 1.54) is 11.4 Å². The number of hydrogen-bond acceptors (Lipinski definition) is 6. The summed E-state index contributed by atoms with van der Waals surface area (Å²) in [5.41, 5.74) is 9.92. The molecule has 0 aliphatic carbocycles. The SMILES string of the molecule is C=CC(=O)N1CCCC(n2nc(-c3ccc(P(C)c4ccc(C)cn4)cc3)c3c(N)n[nH]c(=O)c32)C1. The molecule has 0 spiro atoms. The topological polar surface area (TPSA) is 123 Å². The molecule has 1 amide bonds. The third-order valence-corrected chi connectivity index (χ3v) is 8.68. The number of amides is 1. The Morgan fingerprint density at radius 3 is 2.72 bits per heavy atom. The van der Waals surface area contributed by atoms with Crippen LogP contribution in [0.3, 0.4) is 0 Å². The van der Waals surface area contributed by atoms with Gasteiger partial charge in [-0.2, -0.15) is 10.2 Å². The zero-order valence-electron chi connectivity index (χ0n) is 20.3. The summed E-state index contributed by atoms with van der Waals surface area (Å²) in [6.45, 7) is 8.92. The Hall–Kier alpha value is -3.84. The van der Waals surface area contributed by atoms with Crippen LogP contribution in [0.5, 0.6) is 0 Å². The number of aromatic nitrogens is 5. The molecule has 2 atom stereocenters. The van der Waals surface area contributed by atoms with E-state index >= 15 is 0 Å². The first-order valence-electron chi connectivity index (χ1n) is 11.8. The fourth-order valence-electron chi connectivity index (χ4n) is 4.70. The summed E-state index contributed by atoms with van der Waals surface area (Å²) in [5.74, 6) is 0.0903. The van der Waals surface area contributed by atoms with Crippen molar-refractivity contribution in [2.24, 2.45) is 0 Å². The number of pyridine rings is 1. The van der Waals surface area contributed by atoms with Crippen LogP contribution in [-0.2, 0) is 4.79 Å². The summed E-state index contributed by atoms with van der Waals surface area (Å²) < 4.78 is 1.72. The van der Waals surface area contributed by atoms with E-state index in [0.29, 0.717) is 29.7 Å². The van der Waals surface area contributed by atoms with Crippen molar-refractivity contribution in [1.29, 1.82) is 0 Å². The van der Waals surface area contributed by atoms with Crippen molar-refractivity contribution in [3.05, 3.63) is 71.2 Å². The molecule has 0 saturated carbocycles. The third kappa shape index (κ3) is 4.31. The van der Waals surface area contributed by atoms with Gasteiger partial charge in [0.2, 0.25) is 5.91 Å². The van der Waals surface area contributed by atoms with Gasteiger partial charge >= 0.3 is 0 Å². The van der Waals surface area contributed by atoms with Crippen molar-refractivity contribution in [2.75, 3.05) is 25.5 Å². The van der Waals surface area contributed by atoms with Gasteiger partial charge in [0.15, 0.2) is 5.82 Å². The van der Waals surface area contributed by atoms with Crippen molar-refractivity contribution >= 4 is 41.3 Å². The van der Waals surface area contributed by atoms with Gasteiger partial charge in [0.25, 0.3) is 5.56 Å². The molecule has 4 aromatic rings. The molecule has 5 rings (SSSR count). The average Bonchev–Trinajstić information content (AvgIpc) is 3.33. The Morgan fingerprint density at radius 2 is 2.03 bits per heavy atom. The lowest BCUT2D eigenvalue weighted by atomic mass is 10.1. The highest BCUT2D eigenvalue weighted by Crippen LogP contribution is 2.34. The van der Waals surface area contributed by atoms with Crippen molar-refractivity contribution in [3.63, 3.8) is 0 Å². The molecule has 9 nitrogen and oxygen atoms in total. The van der Waals surface area contributed by atoms with Crippen LogP contribution in [0, 0.1) is 6.92 Å². The Bertz CT molecular complexity index is 1490. The van der Waals surface area contributed by atoms with Crippen LogP contribution in [0.25, 0.3) is 22.2 Å². The minimum absolute atomic E-state index is 0.124. The number of carbonyl (C=O) groups is 1. The van der Waals surface area contributed by atoms with Crippen LogP contribution in [0.1, 0.15) is 24.4 Å². The molecule has 4 heterocycles. The van der Waals surface area contributed by atoms with Crippen LogP contribution in [0.2, 0.25) is 0 Å². The van der Waals surface area contributed by atoms with Crippen LogP contribution in [0.15, 0.2) is 60.0 Å². The lowest BCUT2D eigenvalue weighted by molar-refractivity contribution is -0.127. The molecule has 184 valence electrons. The fourth-order valence-corrected chi connectivity index (χ4v) is 6.09. The number of rotatable bonds is 5. The molecule has 0 radical (unpaired) electrons. The first kappa shape index (κ1) is 23.9. The van der Waals surface area contributed by atoms with E-state index in [1.807, 2.05) is 25.3 Å². The van der Waals surface area contributed by atoms with Crippen molar-refractivity contribution in [2.45, 2.75) is 25.8 Å². The number of carbonyl (C=O) groups excluding carboxylic acids is 1. The van der Waals surface area contributed by atoms with Gasteiger partial charge in [-0.3, -0.25) is 19.3 Å². The molecule has 3 aromatic heterocycles. The minimum atomic E-state index is -0.603. The second kappa shape index (κ2) is 9.66. The number of nitrogen functional groups attached to an aromatic ring is 1. The smallest absolute Gasteiger partial charge is 0.290 e. The molecule has 3 N–H and O–H groups in total. The van der Waals surface area contributed by atoms with Crippen LogP contribution < -0.4 is 22.0 Å². The number of aromatic amines is 1. The monoisotopic (exact) mass is 501 g/mol. The summed E-state index contributed by atoms with van der Waals surface area (Å²) in [4.78, 5) is 31.5. The number of benzene rings is 1. The highest BCUT2D eigenvalue weighted by atomic mass is 31.1. The van der Waals surface area contributed by atoms with E-state index < -0.39 is 7.92 Å². The normalized spacial score (nSPS) is 16.7. The molecule has 2 unspecified atom stereocenters. The Labute approximate surface area is 209 Å². The van der Waals surface area contributed by atoms with E-state index in [2.05, 4.69) is 52.7 Å². The van der Waals surface area contributed by atoms with E-state index in [-0.39, 0.29) is 23.3 Å². The fraction of sp³-hybridized carbons (Fsp3) is 0.269. The van der Waals surface area contributed by atoms with Crippen molar-refractivity contribution in [3.8, 4) is 11.3 Å². The second-order valence-electron chi connectivity index (χ2n) is 9.04. The van der Waals surface area contributed by atoms with Crippen LogP contribution in [-0.4, -0.2) is 55.5 Å².